The Morgan fingerprint density at radius 3 is 2.50 bits per heavy atom. The van der Waals surface area contributed by atoms with E-state index in [1.54, 1.807) is 18.7 Å². The molecule has 0 radical (unpaired) electrons. The average Bonchev–Trinajstić information content (AvgIpc) is 2.38. The number of hydrogen-bond donors (Lipinski definition) is 1. The smallest absolute Gasteiger partial charge is 0.161 e. The Hall–Kier alpha value is -1.29. The summed E-state index contributed by atoms with van der Waals surface area (Å²) in [5, 5.41) is 4.33. The first-order chi connectivity index (χ1) is 9.36. The zero-order valence-corrected chi connectivity index (χ0v) is 13.4. The highest BCUT2D eigenvalue weighted by Crippen LogP contribution is 2.31. The number of amidine groups is 1. The monoisotopic (exact) mass is 290 g/mol. The molecule has 1 aromatic carbocycles. The highest BCUT2D eigenvalue weighted by molar-refractivity contribution is 8.14. The van der Waals surface area contributed by atoms with Crippen LogP contribution in [0.25, 0.3) is 0 Å². The van der Waals surface area contributed by atoms with Crippen LogP contribution in [0.2, 0.25) is 0 Å². The molecule has 1 heterocycles. The number of thioether (sulfide) groups is 1. The van der Waals surface area contributed by atoms with E-state index >= 15 is 0 Å². The molecule has 0 aliphatic carbocycles. The average molecular weight is 290 g/mol. The second-order valence-electron chi connectivity index (χ2n) is 6.21. The van der Waals surface area contributed by atoms with Gasteiger partial charge < -0.3 is 5.32 Å². The first kappa shape index (κ1) is 15.1. The van der Waals surface area contributed by atoms with Crippen molar-refractivity contribution in [2.45, 2.75) is 40.2 Å². The Morgan fingerprint density at radius 1 is 1.30 bits per heavy atom. The van der Waals surface area contributed by atoms with Crippen molar-refractivity contribution in [3.8, 4) is 0 Å². The fourth-order valence-corrected chi connectivity index (χ4v) is 3.04. The molecule has 108 valence electrons. The van der Waals surface area contributed by atoms with E-state index in [4.69, 9.17) is 4.99 Å². The molecule has 0 saturated carbocycles. The molecule has 2 rings (SSSR count). The molecule has 1 N–H and O–H groups in total. The first-order valence-corrected chi connectivity index (χ1v) is 7.93. The van der Waals surface area contributed by atoms with Crippen LogP contribution in [0, 0.1) is 5.41 Å². The number of carbonyl (C=O) groups excluding carboxylic acids is 1. The van der Waals surface area contributed by atoms with Crippen molar-refractivity contribution in [1.29, 1.82) is 0 Å². The summed E-state index contributed by atoms with van der Waals surface area (Å²) < 4.78 is 0. The summed E-state index contributed by atoms with van der Waals surface area (Å²) in [5.41, 5.74) is 1.92. The molecule has 4 heteroatoms. The molecule has 1 unspecified atom stereocenters. The number of hydrogen-bond acceptors (Lipinski definition) is 4. The van der Waals surface area contributed by atoms with Crippen LogP contribution in [-0.4, -0.2) is 22.7 Å². The van der Waals surface area contributed by atoms with E-state index in [0.717, 1.165) is 28.6 Å². The fraction of sp³-hybridized carbons (Fsp3) is 0.500. The maximum atomic E-state index is 11.3. The summed E-state index contributed by atoms with van der Waals surface area (Å²) in [7, 11) is 0. The van der Waals surface area contributed by atoms with E-state index in [0.29, 0.717) is 6.04 Å². The lowest BCUT2D eigenvalue weighted by Crippen LogP contribution is -2.30. The highest BCUT2D eigenvalue weighted by Gasteiger charge is 2.27. The van der Waals surface area contributed by atoms with Crippen LogP contribution in [-0.2, 0) is 0 Å². The molecular formula is C16H22N2OS. The second-order valence-corrected chi connectivity index (χ2v) is 7.30. The fourth-order valence-electron chi connectivity index (χ4n) is 2.12. The number of Topliss-reactive ketones (excluding diaryl/α,β-unsaturated/α-hetero) is 1. The van der Waals surface area contributed by atoms with Gasteiger partial charge in [0.2, 0.25) is 0 Å². The highest BCUT2D eigenvalue weighted by atomic mass is 32.2. The summed E-state index contributed by atoms with van der Waals surface area (Å²) in [4.78, 5) is 16.1. The lowest BCUT2D eigenvalue weighted by molar-refractivity contribution is 0.101. The van der Waals surface area contributed by atoms with Crippen molar-refractivity contribution < 1.29 is 4.79 Å². The molecule has 0 spiro atoms. The molecule has 0 aromatic heterocycles. The Balaban J connectivity index is 2.09. The molecule has 0 saturated heterocycles. The Bertz CT molecular complexity index is 514. The van der Waals surface area contributed by atoms with Gasteiger partial charge in [-0.05, 0) is 43.0 Å². The molecular weight excluding hydrogens is 268 g/mol. The van der Waals surface area contributed by atoms with Crippen LogP contribution >= 0.6 is 11.8 Å². The van der Waals surface area contributed by atoms with E-state index in [1.807, 2.05) is 24.3 Å². The number of nitrogens with zero attached hydrogens (tertiary/aromatic N) is 1. The van der Waals surface area contributed by atoms with Crippen LogP contribution < -0.4 is 5.32 Å². The SMILES string of the molecule is CC(=O)c1ccc(NC2=NC(C(C)(C)C)CCS2)cc1. The van der Waals surface area contributed by atoms with Gasteiger partial charge in [-0.3, -0.25) is 9.79 Å². The van der Waals surface area contributed by atoms with Crippen LogP contribution in [0.15, 0.2) is 29.3 Å². The molecule has 1 atom stereocenters. The minimum Gasteiger partial charge on any atom is -0.335 e. The van der Waals surface area contributed by atoms with Gasteiger partial charge >= 0.3 is 0 Å². The molecule has 1 aliphatic heterocycles. The quantitative estimate of drug-likeness (QED) is 0.830. The number of carbonyl (C=O) groups is 1. The van der Waals surface area contributed by atoms with Crippen molar-refractivity contribution in [3.63, 3.8) is 0 Å². The van der Waals surface area contributed by atoms with Crippen molar-refractivity contribution in [2.75, 3.05) is 11.1 Å². The van der Waals surface area contributed by atoms with Crippen molar-refractivity contribution in [2.24, 2.45) is 10.4 Å². The number of anilines is 1. The predicted molar refractivity (Wildman–Crippen MR) is 87.8 cm³/mol. The van der Waals surface area contributed by atoms with E-state index in [1.165, 1.54) is 0 Å². The summed E-state index contributed by atoms with van der Waals surface area (Å²) >= 11 is 1.76. The van der Waals surface area contributed by atoms with Crippen LogP contribution in [0.3, 0.4) is 0 Å². The van der Waals surface area contributed by atoms with Crippen molar-refractivity contribution in [1.82, 2.24) is 0 Å². The third-order valence-corrected chi connectivity index (χ3v) is 4.37. The molecule has 3 nitrogen and oxygen atoms in total. The second kappa shape index (κ2) is 6.00. The summed E-state index contributed by atoms with van der Waals surface area (Å²) in [6.07, 6.45) is 1.13. The maximum Gasteiger partial charge on any atom is 0.161 e. The largest absolute Gasteiger partial charge is 0.335 e. The van der Waals surface area contributed by atoms with Crippen molar-refractivity contribution >= 4 is 28.4 Å². The van der Waals surface area contributed by atoms with Crippen LogP contribution in [0.1, 0.15) is 44.5 Å². The van der Waals surface area contributed by atoms with Crippen LogP contribution in [0.4, 0.5) is 5.69 Å². The van der Waals surface area contributed by atoms with Gasteiger partial charge in [-0.2, -0.15) is 0 Å². The number of nitrogens with one attached hydrogen (secondary N) is 1. The summed E-state index contributed by atoms with van der Waals surface area (Å²) in [5.74, 6) is 1.19. The zero-order chi connectivity index (χ0) is 14.8. The standard InChI is InChI=1S/C16H22N2OS/c1-11(19)12-5-7-13(8-6-12)17-15-18-14(9-10-20-15)16(2,3)4/h5-8,14H,9-10H2,1-4H3,(H,17,18). The van der Waals surface area contributed by atoms with E-state index in [9.17, 15) is 4.79 Å². The third kappa shape index (κ3) is 3.85. The van der Waals surface area contributed by atoms with E-state index in [2.05, 4.69) is 26.1 Å². The lowest BCUT2D eigenvalue weighted by atomic mass is 9.85. The van der Waals surface area contributed by atoms with Gasteiger partial charge in [0.15, 0.2) is 11.0 Å². The normalized spacial score (nSPS) is 19.4. The molecule has 20 heavy (non-hydrogen) atoms. The molecule has 0 amide bonds. The molecule has 0 fully saturated rings. The Morgan fingerprint density at radius 2 is 1.95 bits per heavy atom. The molecule has 1 aliphatic rings. The summed E-state index contributed by atoms with van der Waals surface area (Å²) in [6.45, 7) is 8.28. The molecule has 1 aromatic rings. The van der Waals surface area contributed by atoms with Gasteiger partial charge in [0, 0.05) is 17.0 Å². The predicted octanol–water partition coefficient (Wildman–Crippen LogP) is 4.21. The summed E-state index contributed by atoms with van der Waals surface area (Å²) in [6, 6.07) is 7.92. The Kier molecular flexibility index (Phi) is 4.53. The Labute approximate surface area is 125 Å². The van der Waals surface area contributed by atoms with Gasteiger partial charge in [0.1, 0.15) is 0 Å². The number of aliphatic imine (C=N–C) groups is 1. The number of benzene rings is 1. The number of ketones is 1. The third-order valence-electron chi connectivity index (χ3n) is 3.45. The van der Waals surface area contributed by atoms with Crippen LogP contribution in [0.5, 0.6) is 0 Å². The lowest BCUT2D eigenvalue weighted by Gasteiger charge is -2.31. The van der Waals surface area contributed by atoms with Gasteiger partial charge in [-0.1, -0.05) is 32.5 Å². The number of rotatable bonds is 2. The maximum absolute atomic E-state index is 11.3. The van der Waals surface area contributed by atoms with Gasteiger partial charge in [0.05, 0.1) is 6.04 Å². The van der Waals surface area contributed by atoms with Gasteiger partial charge in [-0.15, -0.1) is 0 Å². The molecule has 0 bridgehead atoms. The van der Waals surface area contributed by atoms with E-state index < -0.39 is 0 Å². The zero-order valence-electron chi connectivity index (χ0n) is 12.6. The topological polar surface area (TPSA) is 41.5 Å². The first-order valence-electron chi connectivity index (χ1n) is 6.95. The van der Waals surface area contributed by atoms with Gasteiger partial charge in [0.25, 0.3) is 0 Å². The minimum atomic E-state index is 0.0914. The minimum absolute atomic E-state index is 0.0914. The van der Waals surface area contributed by atoms with Crippen molar-refractivity contribution in [3.05, 3.63) is 29.8 Å². The van der Waals surface area contributed by atoms with Gasteiger partial charge in [-0.25, -0.2) is 0 Å². The van der Waals surface area contributed by atoms with E-state index in [-0.39, 0.29) is 11.2 Å².